The van der Waals surface area contributed by atoms with Crippen LogP contribution in [0.15, 0.2) is 48.4 Å². The summed E-state index contributed by atoms with van der Waals surface area (Å²) in [7, 11) is 3.04. The number of hydrogen-bond donors (Lipinski definition) is 5. The average molecular weight is 569 g/mol. The maximum Gasteiger partial charge on any atom is 0.416 e. The predicted octanol–water partition coefficient (Wildman–Crippen LogP) is 4.27. The van der Waals surface area contributed by atoms with E-state index in [1.807, 2.05) is 27.7 Å². The van der Waals surface area contributed by atoms with E-state index in [0.29, 0.717) is 5.70 Å². The zero-order chi connectivity index (χ0) is 30.2. The number of aromatic nitrogens is 1. The van der Waals surface area contributed by atoms with Crippen LogP contribution in [0.5, 0.6) is 5.75 Å². The van der Waals surface area contributed by atoms with Gasteiger partial charge in [-0.25, -0.2) is 0 Å². The Hall–Kier alpha value is -3.24. The van der Waals surface area contributed by atoms with Crippen molar-refractivity contribution >= 4 is 17.7 Å². The zero-order valence-corrected chi connectivity index (χ0v) is 24.1. The molecule has 1 aromatic heterocycles. The molecule has 0 saturated heterocycles. The molecule has 2 rings (SSSR count). The second-order valence-corrected chi connectivity index (χ2v) is 8.54. The van der Waals surface area contributed by atoms with E-state index < -0.39 is 28.5 Å². The van der Waals surface area contributed by atoms with Crippen LogP contribution in [0.25, 0.3) is 11.1 Å². The van der Waals surface area contributed by atoms with Crippen molar-refractivity contribution in [1.29, 1.82) is 0 Å². The molecule has 0 spiro atoms. The molecule has 0 aliphatic rings. The highest BCUT2D eigenvalue weighted by atomic mass is 32.2. The summed E-state index contributed by atoms with van der Waals surface area (Å²) in [6, 6.07) is 4.06. The molecule has 39 heavy (non-hydrogen) atoms. The topological polar surface area (TPSA) is 141 Å². The summed E-state index contributed by atoms with van der Waals surface area (Å²) in [5.74, 6) is 5.25. The Kier molecular flexibility index (Phi) is 16.6. The first-order valence-electron chi connectivity index (χ1n) is 12.3. The highest BCUT2D eigenvalue weighted by Crippen LogP contribution is 2.38. The number of rotatable bonds is 8. The Bertz CT molecular complexity index is 1130. The number of amides is 1. The molecule has 12 heteroatoms. The van der Waals surface area contributed by atoms with Crippen LogP contribution >= 0.6 is 11.8 Å². The lowest BCUT2D eigenvalue weighted by molar-refractivity contribution is -0.137. The van der Waals surface area contributed by atoms with E-state index in [9.17, 15) is 18.0 Å². The molecule has 8 nitrogen and oxygen atoms in total. The van der Waals surface area contributed by atoms with Crippen molar-refractivity contribution < 1.29 is 22.7 Å². The summed E-state index contributed by atoms with van der Waals surface area (Å²) in [4.78, 5) is 16.9. The van der Waals surface area contributed by atoms with Crippen molar-refractivity contribution in [2.75, 3.05) is 14.2 Å². The normalized spacial score (nSPS) is 13.2. The summed E-state index contributed by atoms with van der Waals surface area (Å²) in [5, 5.41) is 4.80. The molecule has 0 saturated carbocycles. The molecule has 1 heterocycles. The van der Waals surface area contributed by atoms with Crippen LogP contribution in [0.1, 0.15) is 50.5 Å². The van der Waals surface area contributed by atoms with E-state index in [4.69, 9.17) is 21.9 Å². The van der Waals surface area contributed by atoms with Gasteiger partial charge in [0.1, 0.15) is 16.6 Å². The summed E-state index contributed by atoms with van der Waals surface area (Å²) in [5.41, 5.74) is 16.7. The van der Waals surface area contributed by atoms with Crippen molar-refractivity contribution in [1.82, 2.24) is 15.6 Å². The zero-order valence-electron chi connectivity index (χ0n) is 23.3. The molecule has 0 bridgehead atoms. The lowest BCUT2D eigenvalue weighted by Crippen LogP contribution is -2.41. The van der Waals surface area contributed by atoms with Crippen molar-refractivity contribution in [3.63, 3.8) is 0 Å². The second-order valence-electron chi connectivity index (χ2n) is 7.25. The first-order chi connectivity index (χ1) is 18.5. The molecular formula is C27H39F3N6O2S. The molecule has 0 fully saturated rings. The van der Waals surface area contributed by atoms with E-state index in [1.165, 1.54) is 31.6 Å². The van der Waals surface area contributed by atoms with E-state index in [0.717, 1.165) is 23.9 Å². The largest absolute Gasteiger partial charge is 0.496 e. The molecule has 3 unspecified atom stereocenters. The lowest BCUT2D eigenvalue weighted by atomic mass is 9.98. The van der Waals surface area contributed by atoms with Gasteiger partial charge in [-0.15, -0.1) is 0 Å². The molecular weight excluding hydrogens is 529 g/mol. The van der Waals surface area contributed by atoms with Gasteiger partial charge in [0.05, 0.1) is 24.3 Å². The van der Waals surface area contributed by atoms with Gasteiger partial charge in [0.2, 0.25) is 0 Å². The number of ether oxygens (including phenoxy) is 1. The van der Waals surface area contributed by atoms with Gasteiger partial charge in [0.15, 0.2) is 0 Å². The van der Waals surface area contributed by atoms with Gasteiger partial charge in [0, 0.05) is 29.2 Å². The van der Waals surface area contributed by atoms with E-state index in [1.54, 1.807) is 20.0 Å². The van der Waals surface area contributed by atoms with Gasteiger partial charge in [-0.3, -0.25) is 9.78 Å². The van der Waals surface area contributed by atoms with Crippen LogP contribution in [-0.4, -0.2) is 42.0 Å². The third kappa shape index (κ3) is 12.0. The Morgan fingerprint density at radius 3 is 2.31 bits per heavy atom. The highest BCUT2D eigenvalue weighted by Gasteiger charge is 2.32. The maximum absolute atomic E-state index is 13.3. The number of halogens is 3. The highest BCUT2D eigenvalue weighted by molar-refractivity contribution is 8.00. The third-order valence-corrected chi connectivity index (χ3v) is 5.39. The van der Waals surface area contributed by atoms with Crippen molar-refractivity contribution in [3.8, 4) is 28.7 Å². The number of hydrogen-bond acceptors (Lipinski definition) is 8. The number of carbonyl (C=O) groups excluding carboxylic acids is 1. The fourth-order valence-electron chi connectivity index (χ4n) is 2.97. The van der Waals surface area contributed by atoms with Gasteiger partial charge in [0.25, 0.3) is 5.91 Å². The van der Waals surface area contributed by atoms with Gasteiger partial charge in [-0.2, -0.15) is 13.2 Å². The Labute approximate surface area is 233 Å². The molecule has 2 aromatic rings. The number of nitrogens with zero attached hydrogens (tertiary/aromatic N) is 1. The van der Waals surface area contributed by atoms with Crippen LogP contribution in [0.3, 0.4) is 0 Å². The van der Waals surface area contributed by atoms with Crippen molar-refractivity contribution in [2.24, 2.45) is 17.2 Å². The third-order valence-electron chi connectivity index (χ3n) is 4.57. The number of allylic oxidation sites excluding steroid dienone is 1. The Morgan fingerprint density at radius 1 is 1.13 bits per heavy atom. The first kappa shape index (κ1) is 35.8. The Morgan fingerprint density at radius 2 is 1.77 bits per heavy atom. The van der Waals surface area contributed by atoms with Gasteiger partial charge in [-0.1, -0.05) is 51.3 Å². The summed E-state index contributed by atoms with van der Waals surface area (Å²) in [6.45, 7) is 9.73. The molecule has 1 amide bonds. The average Bonchev–Trinajstić information content (AvgIpc) is 2.92. The van der Waals surface area contributed by atoms with Gasteiger partial charge < -0.3 is 32.6 Å². The number of alkyl halides is 3. The van der Waals surface area contributed by atoms with Gasteiger partial charge >= 0.3 is 6.18 Å². The van der Waals surface area contributed by atoms with E-state index in [2.05, 4.69) is 27.5 Å². The van der Waals surface area contributed by atoms with Crippen molar-refractivity contribution in [3.05, 3.63) is 59.6 Å². The lowest BCUT2D eigenvalue weighted by Gasteiger charge is -2.18. The fourth-order valence-corrected chi connectivity index (χ4v) is 3.59. The summed E-state index contributed by atoms with van der Waals surface area (Å²) < 4.78 is 45.0. The standard InChI is InChI=1S/C23H27F3N6O2S.2C2H6/c1-13(27)10-15(30-2)5-7-20(28)35-22(29)32-21(33)16-8-9-31-12-18(16)17-11-14(23(24,25)26)4-6-19(17)34-3;2*1-2/h4,6,8-12,15,20,22,30H,27-29H2,1-3H3,(H,32,33);2*1-2H3/b13-10-;;. The van der Waals surface area contributed by atoms with Crippen LogP contribution in [0.4, 0.5) is 13.2 Å². The number of nitrogens with two attached hydrogens (primary N) is 3. The summed E-state index contributed by atoms with van der Waals surface area (Å²) in [6.07, 6.45) is -0.223. The van der Waals surface area contributed by atoms with E-state index >= 15 is 0 Å². The number of nitrogens with one attached hydrogen (secondary N) is 2. The molecule has 1 aromatic carbocycles. The minimum Gasteiger partial charge on any atom is -0.496 e. The van der Waals surface area contributed by atoms with Crippen LogP contribution in [0.2, 0.25) is 0 Å². The quantitative estimate of drug-likeness (QED) is 0.235. The number of methoxy groups -OCH3 is 1. The monoisotopic (exact) mass is 568 g/mol. The van der Waals surface area contributed by atoms with E-state index in [-0.39, 0.29) is 28.5 Å². The van der Waals surface area contributed by atoms with Gasteiger partial charge in [-0.05, 0) is 44.3 Å². The first-order valence-corrected chi connectivity index (χ1v) is 13.2. The summed E-state index contributed by atoms with van der Waals surface area (Å²) >= 11 is 0.990. The number of carbonyl (C=O) groups is 1. The van der Waals surface area contributed by atoms with Crippen LogP contribution < -0.4 is 32.6 Å². The number of likely N-dealkylation sites (N-methyl/N-ethyl adjacent to an activating group) is 1. The molecule has 0 aliphatic carbocycles. The number of pyridine rings is 1. The molecule has 0 aliphatic heterocycles. The smallest absolute Gasteiger partial charge is 0.416 e. The Balaban J connectivity index is 0.00000344. The minimum atomic E-state index is -4.58. The predicted molar refractivity (Wildman–Crippen MR) is 153 cm³/mol. The number of benzene rings is 1. The molecule has 216 valence electrons. The molecule has 3 atom stereocenters. The minimum absolute atomic E-state index is 0.0609. The maximum atomic E-state index is 13.3. The molecule has 8 N–H and O–H groups in total. The SMILES string of the molecule is CC.CC.CNC(C#CC(N)SC(N)NC(=O)c1ccncc1-c1cc(C(F)(F)F)ccc1OC)/C=C(/C)N. The second kappa shape index (κ2) is 18.1. The fraction of sp³-hybridized carbons (Fsp3) is 0.407. The van der Waals surface area contributed by atoms with Crippen molar-refractivity contribution in [2.45, 2.75) is 57.7 Å². The number of thioether (sulfide) groups is 1. The molecule has 0 radical (unpaired) electrons. The van der Waals surface area contributed by atoms with Crippen LogP contribution in [0, 0.1) is 11.8 Å². The van der Waals surface area contributed by atoms with Crippen LogP contribution in [-0.2, 0) is 6.18 Å².